The molecule has 1 aromatic heterocycles. The summed E-state index contributed by atoms with van der Waals surface area (Å²) < 4.78 is 5.45. The molecular weight excluding hydrogens is 238 g/mol. The van der Waals surface area contributed by atoms with Crippen LogP contribution in [0.25, 0.3) is 6.08 Å². The van der Waals surface area contributed by atoms with E-state index in [1.54, 1.807) is 12.1 Å². The molecular formula is C16H15NO2. The van der Waals surface area contributed by atoms with E-state index in [9.17, 15) is 4.79 Å². The average Bonchev–Trinajstić information content (AvgIpc) is 2.45. The minimum atomic E-state index is 0.00280. The second-order valence-electron chi connectivity index (χ2n) is 4.07. The highest BCUT2D eigenvalue weighted by Gasteiger charge is 1.99. The first kappa shape index (κ1) is 13.0. The first-order chi connectivity index (χ1) is 9.25. The Morgan fingerprint density at radius 1 is 1.21 bits per heavy atom. The standard InChI is InChI=1S/C16H15NO2/c1-13(18)15-9-10-16(17-12-15)19-11-5-8-14-6-3-2-4-7-14/h2-10,12H,11H2,1H3/b8-5+. The smallest absolute Gasteiger partial charge is 0.213 e. The first-order valence-electron chi connectivity index (χ1n) is 6.07. The predicted molar refractivity (Wildman–Crippen MR) is 75.2 cm³/mol. The molecule has 0 unspecified atom stereocenters. The van der Waals surface area contributed by atoms with E-state index in [2.05, 4.69) is 4.98 Å². The van der Waals surface area contributed by atoms with Crippen molar-refractivity contribution in [2.45, 2.75) is 6.92 Å². The number of rotatable bonds is 5. The van der Waals surface area contributed by atoms with Gasteiger partial charge in [0.15, 0.2) is 5.78 Å². The number of ether oxygens (including phenoxy) is 1. The van der Waals surface area contributed by atoms with Crippen LogP contribution in [-0.2, 0) is 0 Å². The van der Waals surface area contributed by atoms with Crippen LogP contribution in [0.1, 0.15) is 22.8 Å². The molecule has 0 amide bonds. The van der Waals surface area contributed by atoms with Crippen LogP contribution in [0.4, 0.5) is 0 Å². The van der Waals surface area contributed by atoms with Crippen LogP contribution < -0.4 is 4.74 Å². The van der Waals surface area contributed by atoms with Crippen molar-refractivity contribution in [2.24, 2.45) is 0 Å². The van der Waals surface area contributed by atoms with Crippen LogP contribution in [0, 0.1) is 0 Å². The van der Waals surface area contributed by atoms with Gasteiger partial charge in [0.1, 0.15) is 6.61 Å². The molecule has 0 N–H and O–H groups in total. The maximum Gasteiger partial charge on any atom is 0.213 e. The van der Waals surface area contributed by atoms with Gasteiger partial charge >= 0.3 is 0 Å². The van der Waals surface area contributed by atoms with Crippen LogP contribution in [0.3, 0.4) is 0 Å². The van der Waals surface area contributed by atoms with Gasteiger partial charge in [-0.2, -0.15) is 0 Å². The zero-order valence-corrected chi connectivity index (χ0v) is 10.7. The summed E-state index contributed by atoms with van der Waals surface area (Å²) in [6, 6.07) is 13.4. The summed E-state index contributed by atoms with van der Waals surface area (Å²) in [7, 11) is 0. The Morgan fingerprint density at radius 3 is 2.63 bits per heavy atom. The molecule has 2 rings (SSSR count). The molecule has 0 saturated carbocycles. The highest BCUT2D eigenvalue weighted by molar-refractivity contribution is 5.93. The second kappa shape index (κ2) is 6.50. The molecule has 2 aromatic rings. The van der Waals surface area contributed by atoms with Gasteiger partial charge in [0, 0.05) is 17.8 Å². The van der Waals surface area contributed by atoms with E-state index in [1.165, 1.54) is 13.1 Å². The van der Waals surface area contributed by atoms with Crippen molar-refractivity contribution in [3.05, 3.63) is 65.9 Å². The van der Waals surface area contributed by atoms with Gasteiger partial charge in [0.05, 0.1) is 0 Å². The second-order valence-corrected chi connectivity index (χ2v) is 4.07. The number of hydrogen-bond acceptors (Lipinski definition) is 3. The fourth-order valence-corrected chi connectivity index (χ4v) is 1.56. The normalized spacial score (nSPS) is 10.6. The molecule has 0 bridgehead atoms. The third-order valence-electron chi connectivity index (χ3n) is 2.58. The van der Waals surface area contributed by atoms with Gasteiger partial charge in [-0.1, -0.05) is 36.4 Å². The van der Waals surface area contributed by atoms with E-state index in [0.717, 1.165) is 5.56 Å². The summed E-state index contributed by atoms with van der Waals surface area (Å²) in [6.45, 7) is 1.96. The molecule has 0 aliphatic carbocycles. The van der Waals surface area contributed by atoms with Gasteiger partial charge in [-0.3, -0.25) is 4.79 Å². The highest BCUT2D eigenvalue weighted by Crippen LogP contribution is 2.08. The SMILES string of the molecule is CC(=O)c1ccc(OC/C=C/c2ccccc2)nc1. The Labute approximate surface area is 112 Å². The Morgan fingerprint density at radius 2 is 2.00 bits per heavy atom. The number of pyridine rings is 1. The highest BCUT2D eigenvalue weighted by atomic mass is 16.5. The van der Waals surface area contributed by atoms with Crippen molar-refractivity contribution in [3.8, 4) is 5.88 Å². The largest absolute Gasteiger partial charge is 0.473 e. The molecule has 1 aromatic carbocycles. The molecule has 19 heavy (non-hydrogen) atoms. The number of carbonyl (C=O) groups is 1. The predicted octanol–water partition coefficient (Wildman–Crippen LogP) is 3.38. The van der Waals surface area contributed by atoms with Crippen molar-refractivity contribution in [2.75, 3.05) is 6.61 Å². The summed E-state index contributed by atoms with van der Waals surface area (Å²) >= 11 is 0. The quantitative estimate of drug-likeness (QED) is 0.767. The monoisotopic (exact) mass is 253 g/mol. The fourth-order valence-electron chi connectivity index (χ4n) is 1.56. The number of Topliss-reactive ketones (excluding diaryl/α,β-unsaturated/α-hetero) is 1. The topological polar surface area (TPSA) is 39.2 Å². The van der Waals surface area contributed by atoms with Crippen molar-refractivity contribution in [1.82, 2.24) is 4.98 Å². The molecule has 0 fully saturated rings. The zero-order chi connectivity index (χ0) is 13.5. The molecule has 0 radical (unpaired) electrons. The summed E-state index contributed by atoms with van der Waals surface area (Å²) in [5.41, 5.74) is 1.72. The summed E-state index contributed by atoms with van der Waals surface area (Å²) in [5, 5.41) is 0. The number of nitrogens with zero attached hydrogens (tertiary/aromatic N) is 1. The van der Waals surface area contributed by atoms with Crippen LogP contribution in [0.2, 0.25) is 0 Å². The van der Waals surface area contributed by atoms with E-state index in [-0.39, 0.29) is 5.78 Å². The molecule has 3 heteroatoms. The van der Waals surface area contributed by atoms with Crippen LogP contribution >= 0.6 is 0 Å². The molecule has 0 aliphatic rings. The number of benzene rings is 1. The van der Waals surface area contributed by atoms with Gasteiger partial charge in [0.25, 0.3) is 0 Å². The third-order valence-corrected chi connectivity index (χ3v) is 2.58. The Hall–Kier alpha value is -2.42. The minimum Gasteiger partial charge on any atom is -0.473 e. The van der Waals surface area contributed by atoms with Crippen molar-refractivity contribution < 1.29 is 9.53 Å². The van der Waals surface area contributed by atoms with Crippen LogP contribution in [0.15, 0.2) is 54.7 Å². The van der Waals surface area contributed by atoms with Gasteiger partial charge in [-0.05, 0) is 24.6 Å². The van der Waals surface area contributed by atoms with Crippen LogP contribution in [0.5, 0.6) is 5.88 Å². The van der Waals surface area contributed by atoms with Crippen molar-refractivity contribution >= 4 is 11.9 Å². The summed E-state index contributed by atoms with van der Waals surface area (Å²) in [5.74, 6) is 0.519. The van der Waals surface area contributed by atoms with E-state index in [4.69, 9.17) is 4.74 Å². The maximum atomic E-state index is 11.1. The maximum absolute atomic E-state index is 11.1. The van der Waals surface area contributed by atoms with Crippen molar-refractivity contribution in [1.29, 1.82) is 0 Å². The number of ketones is 1. The number of carbonyl (C=O) groups excluding carboxylic acids is 1. The third kappa shape index (κ3) is 4.07. The molecule has 3 nitrogen and oxygen atoms in total. The Kier molecular flexibility index (Phi) is 4.45. The molecule has 0 atom stereocenters. The van der Waals surface area contributed by atoms with Gasteiger partial charge in [-0.25, -0.2) is 4.98 Å². The lowest BCUT2D eigenvalue weighted by Crippen LogP contribution is -1.98. The number of aromatic nitrogens is 1. The molecule has 96 valence electrons. The fraction of sp³-hybridized carbons (Fsp3) is 0.125. The van der Waals surface area contributed by atoms with E-state index in [0.29, 0.717) is 18.1 Å². The van der Waals surface area contributed by atoms with E-state index >= 15 is 0 Å². The Balaban J connectivity index is 1.86. The molecule has 1 heterocycles. The van der Waals surface area contributed by atoms with Gasteiger partial charge < -0.3 is 4.74 Å². The van der Waals surface area contributed by atoms with E-state index in [1.807, 2.05) is 42.5 Å². The van der Waals surface area contributed by atoms with Crippen LogP contribution in [-0.4, -0.2) is 17.4 Å². The van der Waals surface area contributed by atoms with Crippen molar-refractivity contribution in [3.63, 3.8) is 0 Å². The van der Waals surface area contributed by atoms with Gasteiger partial charge in [0.2, 0.25) is 5.88 Å². The van der Waals surface area contributed by atoms with E-state index < -0.39 is 0 Å². The lowest BCUT2D eigenvalue weighted by Gasteiger charge is -2.02. The summed E-state index contributed by atoms with van der Waals surface area (Å²) in [4.78, 5) is 15.1. The number of hydrogen-bond donors (Lipinski definition) is 0. The lowest BCUT2D eigenvalue weighted by molar-refractivity contribution is 0.101. The first-order valence-corrected chi connectivity index (χ1v) is 6.07. The minimum absolute atomic E-state index is 0.00280. The molecule has 0 spiro atoms. The Bertz CT molecular complexity index is 559. The zero-order valence-electron chi connectivity index (χ0n) is 10.7. The summed E-state index contributed by atoms with van der Waals surface area (Å²) in [6.07, 6.45) is 5.44. The molecule has 0 saturated heterocycles. The van der Waals surface area contributed by atoms with Gasteiger partial charge in [-0.15, -0.1) is 0 Å². The lowest BCUT2D eigenvalue weighted by atomic mass is 10.2. The molecule has 0 aliphatic heterocycles. The average molecular weight is 253 g/mol.